The van der Waals surface area contributed by atoms with Crippen LogP contribution >= 0.6 is 0 Å². The lowest BCUT2D eigenvalue weighted by Gasteiger charge is -2.23. The first-order valence-electron chi connectivity index (χ1n) is 4.61. The van der Waals surface area contributed by atoms with Gasteiger partial charge in [0.1, 0.15) is 0 Å². The number of carboxylic acid groups (broad SMARTS) is 1. The molecule has 3 N–H and O–H groups in total. The molecule has 0 fully saturated rings. The van der Waals surface area contributed by atoms with Crippen molar-refractivity contribution in [1.29, 1.82) is 0 Å². The summed E-state index contributed by atoms with van der Waals surface area (Å²) in [6, 6.07) is 0. The molecular weight excluding hydrogens is 186 g/mol. The highest BCUT2D eigenvalue weighted by Crippen LogP contribution is 2.04. The smallest absolute Gasteiger partial charge is 0.331 e. The van der Waals surface area contributed by atoms with Crippen molar-refractivity contribution in [3.8, 4) is 0 Å². The minimum Gasteiger partial charge on any atom is -0.479 e. The topological polar surface area (TPSA) is 86.6 Å². The Morgan fingerprint density at radius 3 is 2.36 bits per heavy atom. The zero-order valence-electron chi connectivity index (χ0n) is 8.54. The van der Waals surface area contributed by atoms with Crippen molar-refractivity contribution in [3.63, 3.8) is 0 Å². The van der Waals surface area contributed by atoms with Crippen LogP contribution in [0.1, 0.15) is 33.1 Å². The lowest BCUT2D eigenvalue weighted by Crippen LogP contribution is -2.54. The summed E-state index contributed by atoms with van der Waals surface area (Å²) in [4.78, 5) is 21.9. The summed E-state index contributed by atoms with van der Waals surface area (Å²) in [5.41, 5.74) is -1.56. The van der Waals surface area contributed by atoms with Gasteiger partial charge in [-0.1, -0.05) is 13.3 Å². The lowest BCUT2D eigenvalue weighted by atomic mass is 10.0. The maximum atomic E-state index is 11.2. The standard InChI is InChI=1S/C9H17NO4/c1-3-4-5-7(12)10-9(2,6-11)8(13)14/h11H,3-6H2,1-2H3,(H,10,12)(H,13,14). The SMILES string of the molecule is CCCCC(=O)NC(C)(CO)C(=O)O. The number of carbonyl (C=O) groups is 2. The normalized spacial score (nSPS) is 14.5. The van der Waals surface area contributed by atoms with Crippen LogP contribution < -0.4 is 5.32 Å². The van der Waals surface area contributed by atoms with Crippen molar-refractivity contribution in [2.24, 2.45) is 0 Å². The lowest BCUT2D eigenvalue weighted by molar-refractivity contribution is -0.148. The summed E-state index contributed by atoms with van der Waals surface area (Å²) in [6.45, 7) is 2.61. The molecule has 0 radical (unpaired) electrons. The van der Waals surface area contributed by atoms with Crippen LogP contribution in [0.4, 0.5) is 0 Å². The molecule has 0 rings (SSSR count). The van der Waals surface area contributed by atoms with Gasteiger partial charge in [0.2, 0.25) is 5.91 Å². The van der Waals surface area contributed by atoms with E-state index < -0.39 is 18.1 Å². The largest absolute Gasteiger partial charge is 0.479 e. The highest BCUT2D eigenvalue weighted by molar-refractivity contribution is 5.86. The van der Waals surface area contributed by atoms with Gasteiger partial charge >= 0.3 is 5.97 Å². The molecule has 0 aromatic heterocycles. The molecule has 5 heteroatoms. The van der Waals surface area contributed by atoms with E-state index in [1.807, 2.05) is 6.92 Å². The molecule has 1 unspecified atom stereocenters. The molecule has 82 valence electrons. The van der Waals surface area contributed by atoms with Gasteiger partial charge in [-0.2, -0.15) is 0 Å². The van der Waals surface area contributed by atoms with Crippen LogP contribution in [0.15, 0.2) is 0 Å². The number of amides is 1. The van der Waals surface area contributed by atoms with Gasteiger partial charge < -0.3 is 15.5 Å². The molecule has 5 nitrogen and oxygen atoms in total. The van der Waals surface area contributed by atoms with Crippen LogP contribution in [-0.2, 0) is 9.59 Å². The second-order valence-corrected chi connectivity index (χ2v) is 3.45. The molecular formula is C9H17NO4. The molecule has 0 aromatic carbocycles. The van der Waals surface area contributed by atoms with Crippen LogP contribution in [0.25, 0.3) is 0 Å². The van der Waals surface area contributed by atoms with Crippen LogP contribution in [0.5, 0.6) is 0 Å². The van der Waals surface area contributed by atoms with Gasteiger partial charge in [-0.3, -0.25) is 4.79 Å². The molecule has 1 atom stereocenters. The summed E-state index contributed by atoms with van der Waals surface area (Å²) in [7, 11) is 0. The first kappa shape index (κ1) is 12.9. The zero-order chi connectivity index (χ0) is 11.2. The molecule has 0 saturated heterocycles. The maximum absolute atomic E-state index is 11.2. The van der Waals surface area contributed by atoms with Gasteiger partial charge in [0.25, 0.3) is 0 Å². The van der Waals surface area contributed by atoms with E-state index in [0.29, 0.717) is 12.8 Å². The van der Waals surface area contributed by atoms with Gasteiger partial charge in [0.15, 0.2) is 5.54 Å². The van der Waals surface area contributed by atoms with Crippen molar-refractivity contribution < 1.29 is 19.8 Å². The van der Waals surface area contributed by atoms with Gasteiger partial charge in [-0.25, -0.2) is 4.79 Å². The average molecular weight is 203 g/mol. The molecule has 0 aliphatic rings. The van der Waals surface area contributed by atoms with E-state index in [9.17, 15) is 9.59 Å². The van der Waals surface area contributed by atoms with E-state index in [0.717, 1.165) is 6.42 Å². The van der Waals surface area contributed by atoms with Crippen LogP contribution in [0.2, 0.25) is 0 Å². The molecule has 0 saturated carbocycles. The third-order valence-electron chi connectivity index (χ3n) is 1.96. The zero-order valence-corrected chi connectivity index (χ0v) is 8.54. The Hall–Kier alpha value is -1.10. The molecule has 0 bridgehead atoms. The number of hydrogen-bond donors (Lipinski definition) is 3. The van der Waals surface area contributed by atoms with E-state index >= 15 is 0 Å². The minimum atomic E-state index is -1.56. The van der Waals surface area contributed by atoms with E-state index in [2.05, 4.69) is 5.32 Å². The van der Waals surface area contributed by atoms with Crippen molar-refractivity contribution in [2.75, 3.05) is 6.61 Å². The molecule has 14 heavy (non-hydrogen) atoms. The second kappa shape index (κ2) is 5.59. The number of rotatable bonds is 6. The molecule has 0 heterocycles. The van der Waals surface area contributed by atoms with Crippen molar-refractivity contribution in [3.05, 3.63) is 0 Å². The first-order valence-corrected chi connectivity index (χ1v) is 4.61. The van der Waals surface area contributed by atoms with E-state index in [4.69, 9.17) is 10.2 Å². The summed E-state index contributed by atoms with van der Waals surface area (Å²) >= 11 is 0. The van der Waals surface area contributed by atoms with Gasteiger partial charge in [-0.15, -0.1) is 0 Å². The van der Waals surface area contributed by atoms with Gasteiger partial charge in [0, 0.05) is 6.42 Å². The molecule has 1 amide bonds. The highest BCUT2D eigenvalue weighted by atomic mass is 16.4. The molecule has 0 aromatic rings. The molecule has 0 spiro atoms. The Bertz CT molecular complexity index is 217. The Morgan fingerprint density at radius 2 is 2.00 bits per heavy atom. The number of carboxylic acids is 1. The van der Waals surface area contributed by atoms with Gasteiger partial charge in [0.05, 0.1) is 6.61 Å². The first-order chi connectivity index (χ1) is 6.46. The maximum Gasteiger partial charge on any atom is 0.331 e. The Kier molecular flexibility index (Phi) is 5.15. The van der Waals surface area contributed by atoms with Crippen LogP contribution in [0.3, 0.4) is 0 Å². The van der Waals surface area contributed by atoms with Gasteiger partial charge in [-0.05, 0) is 13.3 Å². The van der Waals surface area contributed by atoms with Crippen LogP contribution in [0, 0.1) is 0 Å². The van der Waals surface area contributed by atoms with Crippen LogP contribution in [-0.4, -0.2) is 34.2 Å². The molecule has 0 aliphatic carbocycles. The fourth-order valence-electron chi connectivity index (χ4n) is 0.868. The number of aliphatic hydroxyl groups excluding tert-OH is 1. The monoisotopic (exact) mass is 203 g/mol. The van der Waals surface area contributed by atoms with Crippen molar-refractivity contribution >= 4 is 11.9 Å². The average Bonchev–Trinajstić information content (AvgIpc) is 2.14. The number of nitrogens with one attached hydrogen (secondary N) is 1. The summed E-state index contributed by atoms with van der Waals surface area (Å²) in [6.07, 6.45) is 1.88. The molecule has 0 aliphatic heterocycles. The fourth-order valence-corrected chi connectivity index (χ4v) is 0.868. The van der Waals surface area contributed by atoms with Crippen molar-refractivity contribution in [2.45, 2.75) is 38.6 Å². The van der Waals surface area contributed by atoms with E-state index in [1.54, 1.807) is 0 Å². The Morgan fingerprint density at radius 1 is 1.43 bits per heavy atom. The second-order valence-electron chi connectivity index (χ2n) is 3.45. The van der Waals surface area contributed by atoms with E-state index in [1.165, 1.54) is 6.92 Å². The summed E-state index contributed by atoms with van der Waals surface area (Å²) in [5, 5.41) is 19.9. The Balaban J connectivity index is 4.18. The number of hydrogen-bond acceptors (Lipinski definition) is 3. The number of carbonyl (C=O) groups excluding carboxylic acids is 1. The Labute approximate surface area is 83.1 Å². The highest BCUT2D eigenvalue weighted by Gasteiger charge is 2.33. The quantitative estimate of drug-likeness (QED) is 0.572. The van der Waals surface area contributed by atoms with E-state index in [-0.39, 0.29) is 5.91 Å². The predicted octanol–water partition coefficient (Wildman–Crippen LogP) is 0.128. The summed E-state index contributed by atoms with van der Waals surface area (Å²) < 4.78 is 0. The minimum absolute atomic E-state index is 0.291. The number of aliphatic carboxylic acids is 1. The third kappa shape index (κ3) is 3.74. The third-order valence-corrected chi connectivity index (χ3v) is 1.96. The fraction of sp³-hybridized carbons (Fsp3) is 0.778. The van der Waals surface area contributed by atoms with Crippen molar-refractivity contribution in [1.82, 2.24) is 5.32 Å². The summed E-state index contributed by atoms with van der Waals surface area (Å²) in [5.74, 6) is -1.57. The number of unbranched alkanes of at least 4 members (excludes halogenated alkanes) is 1. The predicted molar refractivity (Wildman–Crippen MR) is 50.8 cm³/mol. The number of aliphatic hydroxyl groups is 1.